The third-order valence-corrected chi connectivity index (χ3v) is 16.6. The van der Waals surface area contributed by atoms with Crippen molar-refractivity contribution < 1.29 is 74.8 Å². The summed E-state index contributed by atoms with van der Waals surface area (Å²) in [5.74, 6) is -5.28. The zero-order valence-corrected chi connectivity index (χ0v) is 53.0. The largest absolute Gasteiger partial charge is 0.488 e. The van der Waals surface area contributed by atoms with Gasteiger partial charge in [0.25, 0.3) is 0 Å². The quantitative estimate of drug-likeness (QED) is 0.0794. The van der Waals surface area contributed by atoms with Gasteiger partial charge < -0.3 is 44.1 Å². The van der Waals surface area contributed by atoms with E-state index in [1.54, 1.807) is 37.5 Å². The van der Waals surface area contributed by atoms with Gasteiger partial charge in [-0.1, -0.05) is 102 Å². The number of rotatable bonds is 16. The van der Waals surface area contributed by atoms with Crippen LogP contribution >= 0.6 is 0 Å². The fourth-order valence-corrected chi connectivity index (χ4v) is 11.5. The van der Waals surface area contributed by atoms with Gasteiger partial charge in [-0.25, -0.2) is 31.9 Å². The fraction of sp³-hybridized carbons (Fsp3) is 0.530. The van der Waals surface area contributed by atoms with Gasteiger partial charge in [-0.05, 0) is 112 Å². The number of benzene rings is 4. The number of carbonyl (C=O) groups excluding carboxylic acids is 7. The van der Waals surface area contributed by atoms with Gasteiger partial charge in [-0.15, -0.1) is 0 Å². The van der Waals surface area contributed by atoms with Crippen LogP contribution in [-0.4, -0.2) is 160 Å². The Morgan fingerprint density at radius 3 is 1.39 bits per heavy atom. The summed E-state index contributed by atoms with van der Waals surface area (Å²) in [5, 5.41) is 5.74. The smallest absolute Gasteiger partial charge is 0.410 e. The van der Waals surface area contributed by atoms with Crippen molar-refractivity contribution in [1.82, 2.24) is 35.1 Å². The molecule has 0 aromatic heterocycles. The fourth-order valence-electron chi connectivity index (χ4n) is 11.5. The molecule has 4 aromatic carbocycles. The summed E-state index contributed by atoms with van der Waals surface area (Å²) in [6.07, 6.45) is -0.388. The molecule has 4 aliphatic rings. The summed E-state index contributed by atoms with van der Waals surface area (Å²) >= 11 is 0. The molecule has 0 radical (unpaired) electrons. The molecule has 0 spiro atoms. The van der Waals surface area contributed by atoms with Crippen LogP contribution < -0.4 is 20.1 Å². The van der Waals surface area contributed by atoms with Crippen LogP contribution in [0.3, 0.4) is 0 Å². The van der Waals surface area contributed by atoms with E-state index in [2.05, 4.69) is 10.6 Å². The molecule has 89 heavy (non-hydrogen) atoms. The van der Waals surface area contributed by atoms with Gasteiger partial charge in [0.2, 0.25) is 23.6 Å². The van der Waals surface area contributed by atoms with Crippen LogP contribution in [0.15, 0.2) is 97.1 Å². The van der Waals surface area contributed by atoms with Gasteiger partial charge >= 0.3 is 18.3 Å². The zero-order chi connectivity index (χ0) is 65.4. The lowest BCUT2D eigenvalue weighted by atomic mass is 9.85. The number of nitrogens with zero attached hydrogens (tertiary/aromatic N) is 5. The van der Waals surface area contributed by atoms with Crippen LogP contribution in [-0.2, 0) is 46.6 Å². The minimum atomic E-state index is -1.09. The third kappa shape index (κ3) is 17.2. The van der Waals surface area contributed by atoms with E-state index in [4.69, 9.17) is 23.7 Å². The molecule has 0 bridgehead atoms. The molecule has 2 N–H and O–H groups in total. The number of fused-ring (bicyclic) bond motifs is 2. The van der Waals surface area contributed by atoms with Gasteiger partial charge in [0, 0.05) is 39.3 Å². The number of carbonyl (C=O) groups is 7. The van der Waals surface area contributed by atoms with Gasteiger partial charge in [0.15, 0.2) is 23.3 Å². The molecule has 10 atom stereocenters. The van der Waals surface area contributed by atoms with E-state index < -0.39 is 118 Å². The van der Waals surface area contributed by atoms with Crippen LogP contribution in [0.1, 0.15) is 113 Å². The lowest BCUT2D eigenvalue weighted by Gasteiger charge is -2.38. The average molecular weight is 1240 g/mol. The van der Waals surface area contributed by atoms with Crippen LogP contribution in [0.25, 0.3) is 0 Å². The number of ether oxygens (including phenoxy) is 5. The Bertz CT molecular complexity index is 3160. The first-order valence-electron chi connectivity index (χ1n) is 30.1. The van der Waals surface area contributed by atoms with Gasteiger partial charge in [0.1, 0.15) is 66.7 Å². The summed E-state index contributed by atoms with van der Waals surface area (Å²) in [7, 11) is 2.93. The third-order valence-electron chi connectivity index (χ3n) is 16.6. The number of hydrogen-bond donors (Lipinski definition) is 2. The molecule has 0 unspecified atom stereocenters. The Morgan fingerprint density at radius 2 is 0.966 bits per heavy atom. The Labute approximate surface area is 518 Å². The molecule has 4 fully saturated rings. The van der Waals surface area contributed by atoms with E-state index in [0.717, 1.165) is 53.1 Å². The maximum atomic E-state index is 14.4. The number of amides is 7. The second kappa shape index (κ2) is 28.6. The number of halogens is 4. The highest BCUT2D eigenvalue weighted by Gasteiger charge is 2.56. The highest BCUT2D eigenvalue weighted by molar-refractivity contribution is 5.93. The summed E-state index contributed by atoms with van der Waals surface area (Å²) in [5.41, 5.74) is -0.558. The molecule has 484 valence electrons. The van der Waals surface area contributed by atoms with Gasteiger partial charge in [0.05, 0.1) is 24.7 Å². The number of hydrogen-bond acceptors (Lipinski definition) is 12. The van der Waals surface area contributed by atoms with E-state index in [1.165, 1.54) is 43.0 Å². The predicted molar refractivity (Wildman–Crippen MR) is 322 cm³/mol. The van der Waals surface area contributed by atoms with Gasteiger partial charge in [-0.3, -0.25) is 33.9 Å². The summed E-state index contributed by atoms with van der Waals surface area (Å²) in [6, 6.07) is 19.8. The minimum Gasteiger partial charge on any atom is -0.488 e. The molecule has 19 nitrogen and oxygen atoms in total. The molecule has 1 saturated carbocycles. The lowest BCUT2D eigenvalue weighted by Crippen LogP contribution is -2.60. The Hall–Kier alpha value is -8.11. The van der Waals surface area contributed by atoms with Crippen molar-refractivity contribution in [2.45, 2.75) is 175 Å². The van der Waals surface area contributed by atoms with E-state index in [0.29, 0.717) is 19.4 Å². The highest BCUT2D eigenvalue weighted by Crippen LogP contribution is 2.42. The summed E-state index contributed by atoms with van der Waals surface area (Å²) < 4.78 is 83.5. The van der Waals surface area contributed by atoms with E-state index in [9.17, 15) is 51.1 Å². The summed E-state index contributed by atoms with van der Waals surface area (Å²) in [6.45, 7) is 20.3. The van der Waals surface area contributed by atoms with Crippen molar-refractivity contribution in [3.8, 4) is 11.5 Å². The second-order valence-electron chi connectivity index (χ2n) is 26.4. The SMILES string of the molecule is C[C@@H](C(=O)N[C@H](C(=O)N1CC[C@@H]2[C@H]1[C@@H](Oc1ccc(F)c(F)c1)CN2C(=O)OC(C)(C)C)C(C)(C)C)N(C)C(=O)OCc1ccccc1.C[C@@H](C(=O)N[C@H](C(=O)N1CC[C@H]2CC[C@H](Oc3ccc(F)c(F)c3)[C@H]21)C(C)(C)C)N(C)C(=O)OCc1ccccc1. The zero-order valence-electron chi connectivity index (χ0n) is 53.0. The van der Waals surface area contributed by atoms with Crippen LogP contribution in [0, 0.1) is 40.0 Å². The van der Waals surface area contributed by atoms with Crippen molar-refractivity contribution in [2.75, 3.05) is 33.7 Å². The second-order valence-corrected chi connectivity index (χ2v) is 26.4. The Morgan fingerprint density at radius 1 is 0.539 bits per heavy atom. The number of nitrogens with one attached hydrogen (secondary N) is 2. The van der Waals surface area contributed by atoms with Crippen LogP contribution in [0.4, 0.5) is 31.9 Å². The molecular formula is C66H85F4N7O12. The van der Waals surface area contributed by atoms with Crippen molar-refractivity contribution in [1.29, 1.82) is 0 Å². The highest BCUT2D eigenvalue weighted by atomic mass is 19.2. The summed E-state index contributed by atoms with van der Waals surface area (Å²) in [4.78, 5) is 101. The van der Waals surface area contributed by atoms with Crippen molar-refractivity contribution in [2.24, 2.45) is 16.7 Å². The van der Waals surface area contributed by atoms with E-state index >= 15 is 0 Å². The van der Waals surface area contributed by atoms with Crippen LogP contribution in [0.2, 0.25) is 0 Å². The normalized spacial score (nSPS) is 20.9. The predicted octanol–water partition coefficient (Wildman–Crippen LogP) is 10.0. The Balaban J connectivity index is 0.000000257. The average Bonchev–Trinajstić information content (AvgIpc) is 1.81. The maximum Gasteiger partial charge on any atom is 0.410 e. The molecule has 7 amide bonds. The molecular weight excluding hydrogens is 1160 g/mol. The van der Waals surface area contributed by atoms with Crippen molar-refractivity contribution in [3.05, 3.63) is 131 Å². The van der Waals surface area contributed by atoms with Crippen molar-refractivity contribution >= 4 is 41.9 Å². The molecule has 3 saturated heterocycles. The first kappa shape index (κ1) is 68.4. The lowest BCUT2D eigenvalue weighted by molar-refractivity contribution is -0.142. The Kier molecular flexibility index (Phi) is 22.0. The number of likely N-dealkylation sites (tertiary alicyclic amines) is 3. The van der Waals surface area contributed by atoms with E-state index in [-0.39, 0.29) is 61.8 Å². The molecule has 3 heterocycles. The minimum absolute atomic E-state index is 0.0342. The molecule has 8 rings (SSSR count). The molecule has 4 aromatic rings. The first-order valence-corrected chi connectivity index (χ1v) is 30.1. The monoisotopic (exact) mass is 1240 g/mol. The molecule has 1 aliphatic carbocycles. The molecule has 23 heteroatoms. The first-order chi connectivity index (χ1) is 41.7. The number of likely N-dealkylation sites (N-methyl/N-ethyl adjacent to an activating group) is 2. The topological polar surface area (TPSA) is 206 Å². The molecule has 3 aliphatic heterocycles. The van der Waals surface area contributed by atoms with E-state index in [1.807, 2.05) is 102 Å². The van der Waals surface area contributed by atoms with Crippen LogP contribution in [0.5, 0.6) is 11.5 Å². The van der Waals surface area contributed by atoms with Crippen molar-refractivity contribution in [3.63, 3.8) is 0 Å². The standard InChI is InChI=1S/C35H46F2N4O7.C31H39F2N3O5/c1-21(39(8)32(44)46-20-22-12-10-9-11-13-22)30(42)38-29(34(2,3)4)31(43)40-17-16-26-28(40)27(19-41(26)33(45)48-35(5,6)7)47-23-14-15-24(36)25(37)18-23;1-19(35(5)30(39)40-18-20-9-7-6-8-10-20)28(37)34-27(31(2,3)4)29(38)36-16-15-21-11-14-25(26(21)36)41-22-12-13-23(32)24(33)17-22/h9-15,18,21,26-29H,16-17,19-20H2,1-8H3,(H,38,42);6-10,12-13,17,19,21,25-27H,11,14-16,18H2,1-5H3,(H,34,37)/t21-,26+,27-,28-,29+;19-,21+,25-,26-,27+/m00/s1. The maximum absolute atomic E-state index is 14.4. The van der Waals surface area contributed by atoms with Gasteiger partial charge in [-0.2, -0.15) is 0 Å².